The van der Waals surface area contributed by atoms with Gasteiger partial charge in [-0.15, -0.1) is 0 Å². The van der Waals surface area contributed by atoms with E-state index in [0.717, 1.165) is 6.42 Å². The van der Waals surface area contributed by atoms with Gasteiger partial charge in [-0.05, 0) is 12.8 Å². The summed E-state index contributed by atoms with van der Waals surface area (Å²) in [5.41, 5.74) is 5.85. The maximum Gasteiger partial charge on any atom is 0.245 e. The molecule has 0 aromatic carbocycles. The Kier molecular flexibility index (Phi) is 5.69. The Morgan fingerprint density at radius 2 is 2.20 bits per heavy atom. The predicted molar refractivity (Wildman–Crippen MR) is 74.9 cm³/mol. The number of rotatable bonds is 6. The highest BCUT2D eigenvalue weighted by Crippen LogP contribution is 2.09. The molecule has 0 fully saturated rings. The van der Waals surface area contributed by atoms with Crippen molar-refractivity contribution in [2.24, 2.45) is 11.7 Å². The maximum absolute atomic E-state index is 12.0. The molecule has 1 heterocycles. The van der Waals surface area contributed by atoms with Crippen LogP contribution in [-0.2, 0) is 9.59 Å². The van der Waals surface area contributed by atoms with Crippen molar-refractivity contribution in [3.05, 3.63) is 11.8 Å². The first-order valence-electron chi connectivity index (χ1n) is 6.58. The summed E-state index contributed by atoms with van der Waals surface area (Å²) >= 11 is 0. The van der Waals surface area contributed by atoms with E-state index in [1.165, 1.54) is 4.90 Å². The van der Waals surface area contributed by atoms with Crippen LogP contribution in [0.3, 0.4) is 0 Å². The molecule has 0 radical (unpaired) electrons. The molecular weight excluding hydrogens is 260 g/mol. The topological polar surface area (TPSA) is 101 Å². The van der Waals surface area contributed by atoms with Gasteiger partial charge in [0.25, 0.3) is 0 Å². The lowest BCUT2D eigenvalue weighted by Gasteiger charge is -2.23. The number of likely N-dealkylation sites (N-methyl/N-ethyl adjacent to an activating group) is 1. The zero-order valence-corrected chi connectivity index (χ0v) is 12.3. The number of hydrogen-bond donors (Lipinski definition) is 2. The van der Waals surface area contributed by atoms with Gasteiger partial charge in [0.2, 0.25) is 11.8 Å². The first-order valence-corrected chi connectivity index (χ1v) is 6.58. The van der Waals surface area contributed by atoms with Gasteiger partial charge >= 0.3 is 0 Å². The number of aromatic nitrogens is 1. The van der Waals surface area contributed by atoms with E-state index in [0.29, 0.717) is 11.6 Å². The van der Waals surface area contributed by atoms with E-state index in [9.17, 15) is 9.59 Å². The van der Waals surface area contributed by atoms with Crippen LogP contribution in [0.15, 0.2) is 10.6 Å². The molecule has 0 aliphatic carbocycles. The lowest BCUT2D eigenvalue weighted by molar-refractivity contribution is -0.135. The van der Waals surface area contributed by atoms with Crippen molar-refractivity contribution in [1.82, 2.24) is 10.1 Å². The molecule has 1 rings (SSSR count). The van der Waals surface area contributed by atoms with E-state index in [-0.39, 0.29) is 24.3 Å². The SMILES string of the molecule is CCC(C)[C@H](N)C(=O)N(C)CC(=O)Nc1cc(C)on1. The van der Waals surface area contributed by atoms with Crippen LogP contribution in [0.25, 0.3) is 0 Å². The standard InChI is InChI=1S/C13H22N4O3/c1-5-8(2)12(14)13(19)17(4)7-11(18)15-10-6-9(3)20-16-10/h6,8,12H,5,7,14H2,1-4H3,(H,15,16,18)/t8?,12-/m0/s1. The normalized spacial score (nSPS) is 13.7. The van der Waals surface area contributed by atoms with Crippen molar-refractivity contribution in [3.63, 3.8) is 0 Å². The van der Waals surface area contributed by atoms with Gasteiger partial charge in [-0.2, -0.15) is 0 Å². The van der Waals surface area contributed by atoms with Crippen LogP contribution in [0.2, 0.25) is 0 Å². The highest BCUT2D eigenvalue weighted by atomic mass is 16.5. The predicted octanol–water partition coefficient (Wildman–Crippen LogP) is 0.753. The number of amides is 2. The third-order valence-electron chi connectivity index (χ3n) is 3.19. The Labute approximate surface area is 118 Å². The van der Waals surface area contributed by atoms with Gasteiger partial charge in [0.05, 0.1) is 12.6 Å². The summed E-state index contributed by atoms with van der Waals surface area (Å²) in [6.07, 6.45) is 0.811. The molecule has 1 unspecified atom stereocenters. The largest absolute Gasteiger partial charge is 0.360 e. The van der Waals surface area contributed by atoms with Crippen molar-refractivity contribution in [2.75, 3.05) is 18.9 Å². The Morgan fingerprint density at radius 3 is 2.70 bits per heavy atom. The van der Waals surface area contributed by atoms with Crippen molar-refractivity contribution in [3.8, 4) is 0 Å². The minimum atomic E-state index is -0.591. The van der Waals surface area contributed by atoms with Crippen LogP contribution >= 0.6 is 0 Å². The van der Waals surface area contributed by atoms with E-state index in [1.54, 1.807) is 20.0 Å². The number of aryl methyl sites for hydroxylation is 1. The molecule has 0 aliphatic rings. The fraction of sp³-hybridized carbons (Fsp3) is 0.615. The zero-order valence-electron chi connectivity index (χ0n) is 12.3. The van der Waals surface area contributed by atoms with Gasteiger partial charge < -0.3 is 20.5 Å². The Hall–Kier alpha value is -1.89. The summed E-state index contributed by atoms with van der Waals surface area (Å²) < 4.78 is 4.84. The number of nitrogens with zero attached hydrogens (tertiary/aromatic N) is 2. The molecule has 112 valence electrons. The monoisotopic (exact) mass is 282 g/mol. The van der Waals surface area contributed by atoms with E-state index in [2.05, 4.69) is 10.5 Å². The highest BCUT2D eigenvalue weighted by molar-refractivity contribution is 5.94. The van der Waals surface area contributed by atoms with Crippen LogP contribution in [-0.4, -0.2) is 41.5 Å². The molecule has 0 aliphatic heterocycles. The van der Waals surface area contributed by atoms with Crippen LogP contribution in [0.5, 0.6) is 0 Å². The van der Waals surface area contributed by atoms with Crippen molar-refractivity contribution in [1.29, 1.82) is 0 Å². The molecule has 1 aromatic heterocycles. The number of carbonyl (C=O) groups is 2. The summed E-state index contributed by atoms with van der Waals surface area (Å²) in [4.78, 5) is 25.1. The molecule has 7 heteroatoms. The molecule has 20 heavy (non-hydrogen) atoms. The minimum Gasteiger partial charge on any atom is -0.360 e. The highest BCUT2D eigenvalue weighted by Gasteiger charge is 2.24. The van der Waals surface area contributed by atoms with Gasteiger partial charge in [0.1, 0.15) is 5.76 Å². The van der Waals surface area contributed by atoms with Crippen molar-refractivity contribution in [2.45, 2.75) is 33.2 Å². The van der Waals surface area contributed by atoms with Crippen LogP contribution < -0.4 is 11.1 Å². The van der Waals surface area contributed by atoms with Crippen LogP contribution in [0, 0.1) is 12.8 Å². The molecule has 0 saturated heterocycles. The second-order valence-electron chi connectivity index (χ2n) is 4.98. The number of carbonyl (C=O) groups excluding carboxylic acids is 2. The molecule has 3 N–H and O–H groups in total. The van der Waals surface area contributed by atoms with Gasteiger partial charge in [0, 0.05) is 13.1 Å². The Balaban J connectivity index is 2.50. The number of nitrogens with one attached hydrogen (secondary N) is 1. The Bertz CT molecular complexity index is 472. The molecule has 0 saturated carbocycles. The first-order chi connectivity index (χ1) is 9.35. The van der Waals surface area contributed by atoms with E-state index < -0.39 is 6.04 Å². The average Bonchev–Trinajstić information content (AvgIpc) is 2.80. The van der Waals surface area contributed by atoms with Crippen molar-refractivity contribution >= 4 is 17.6 Å². The summed E-state index contributed by atoms with van der Waals surface area (Å²) in [7, 11) is 1.55. The van der Waals surface area contributed by atoms with E-state index >= 15 is 0 Å². The van der Waals surface area contributed by atoms with Gasteiger partial charge in [-0.25, -0.2) is 0 Å². The molecule has 2 amide bonds. The number of anilines is 1. The summed E-state index contributed by atoms with van der Waals surface area (Å²) in [6, 6.07) is 1.01. The number of hydrogen-bond acceptors (Lipinski definition) is 5. The van der Waals surface area contributed by atoms with Gasteiger partial charge in [-0.1, -0.05) is 25.4 Å². The summed E-state index contributed by atoms with van der Waals surface area (Å²) in [6.45, 7) is 5.53. The quantitative estimate of drug-likeness (QED) is 0.801. The average molecular weight is 282 g/mol. The smallest absolute Gasteiger partial charge is 0.245 e. The third kappa shape index (κ3) is 4.34. The summed E-state index contributed by atoms with van der Waals surface area (Å²) in [5.74, 6) is 0.422. The zero-order chi connectivity index (χ0) is 15.3. The minimum absolute atomic E-state index is 0.0745. The lowest BCUT2D eigenvalue weighted by atomic mass is 9.99. The lowest BCUT2D eigenvalue weighted by Crippen LogP contribution is -2.47. The molecule has 2 atom stereocenters. The first kappa shape index (κ1) is 16.2. The van der Waals surface area contributed by atoms with Gasteiger partial charge in [-0.3, -0.25) is 9.59 Å². The molecular formula is C13H22N4O3. The fourth-order valence-electron chi connectivity index (χ4n) is 1.65. The van der Waals surface area contributed by atoms with Crippen molar-refractivity contribution < 1.29 is 14.1 Å². The van der Waals surface area contributed by atoms with Crippen LogP contribution in [0.1, 0.15) is 26.0 Å². The summed E-state index contributed by atoms with van der Waals surface area (Å²) in [5, 5.41) is 6.20. The third-order valence-corrected chi connectivity index (χ3v) is 3.19. The number of nitrogens with two attached hydrogens (primary N) is 1. The van der Waals surface area contributed by atoms with E-state index in [1.807, 2.05) is 13.8 Å². The maximum atomic E-state index is 12.0. The fourth-order valence-corrected chi connectivity index (χ4v) is 1.65. The van der Waals surface area contributed by atoms with E-state index in [4.69, 9.17) is 10.3 Å². The van der Waals surface area contributed by atoms with Gasteiger partial charge in [0.15, 0.2) is 5.82 Å². The molecule has 1 aromatic rings. The molecule has 0 bridgehead atoms. The Morgan fingerprint density at radius 1 is 1.55 bits per heavy atom. The molecule has 7 nitrogen and oxygen atoms in total. The van der Waals surface area contributed by atoms with Crippen LogP contribution in [0.4, 0.5) is 5.82 Å². The second kappa shape index (κ2) is 7.04. The molecule has 0 spiro atoms. The second-order valence-corrected chi connectivity index (χ2v) is 4.98.